The first-order chi connectivity index (χ1) is 9.90. The summed E-state index contributed by atoms with van der Waals surface area (Å²) in [6.07, 6.45) is 2.96. The van der Waals surface area contributed by atoms with Crippen LogP contribution in [0.2, 0.25) is 0 Å². The van der Waals surface area contributed by atoms with Crippen LogP contribution in [0.1, 0.15) is 40.0 Å². The smallest absolute Gasteiger partial charge is 0.208 e. The minimum absolute atomic E-state index is 0.0874. The van der Waals surface area contributed by atoms with Gasteiger partial charge in [0.2, 0.25) is 10.0 Å². The molecule has 0 bridgehead atoms. The van der Waals surface area contributed by atoms with Crippen LogP contribution < -0.4 is 4.72 Å². The Kier molecular flexibility index (Phi) is 5.29. The van der Waals surface area contributed by atoms with Crippen LogP contribution in [0.15, 0.2) is 23.1 Å². The molecule has 1 heterocycles. The lowest BCUT2D eigenvalue weighted by molar-refractivity contribution is 0.488. The lowest BCUT2D eigenvalue weighted by Gasteiger charge is -2.15. The molecule has 0 radical (unpaired) electrons. The summed E-state index contributed by atoms with van der Waals surface area (Å²) in [4.78, 5) is 0.212. The number of aromatic nitrogens is 2. The lowest BCUT2D eigenvalue weighted by Crippen LogP contribution is -2.32. The Morgan fingerprint density at radius 2 is 1.95 bits per heavy atom. The first kappa shape index (κ1) is 16.3. The van der Waals surface area contributed by atoms with E-state index in [1.807, 2.05) is 6.92 Å². The van der Waals surface area contributed by atoms with Crippen molar-refractivity contribution in [3.05, 3.63) is 18.2 Å². The SMILES string of the molecule is CC(C)CCCC(C)NS(=O)(=O)c1cccc2nsnc12. The Labute approximate surface area is 130 Å². The third-order valence-corrected chi connectivity index (χ3v) is 5.48. The van der Waals surface area contributed by atoms with Crippen molar-refractivity contribution >= 4 is 32.8 Å². The maximum absolute atomic E-state index is 12.5. The number of hydrogen-bond donors (Lipinski definition) is 1. The maximum atomic E-state index is 12.5. The summed E-state index contributed by atoms with van der Waals surface area (Å²) in [5.74, 6) is 0.642. The number of sulfonamides is 1. The summed E-state index contributed by atoms with van der Waals surface area (Å²) in [5, 5.41) is 0. The summed E-state index contributed by atoms with van der Waals surface area (Å²) in [7, 11) is -3.55. The highest BCUT2D eigenvalue weighted by atomic mass is 32.2. The van der Waals surface area contributed by atoms with E-state index < -0.39 is 10.0 Å². The highest BCUT2D eigenvalue weighted by Gasteiger charge is 2.21. The van der Waals surface area contributed by atoms with E-state index in [1.165, 1.54) is 0 Å². The molecule has 0 spiro atoms. The predicted molar refractivity (Wildman–Crippen MR) is 85.9 cm³/mol. The van der Waals surface area contributed by atoms with Crippen molar-refractivity contribution in [2.45, 2.75) is 51.0 Å². The van der Waals surface area contributed by atoms with Crippen molar-refractivity contribution in [1.82, 2.24) is 13.5 Å². The highest BCUT2D eigenvalue weighted by Crippen LogP contribution is 2.21. The van der Waals surface area contributed by atoms with E-state index in [-0.39, 0.29) is 10.9 Å². The van der Waals surface area contributed by atoms with Gasteiger partial charge in [-0.3, -0.25) is 0 Å². The number of benzene rings is 1. The molecule has 0 fully saturated rings. The van der Waals surface area contributed by atoms with Crippen molar-refractivity contribution in [2.24, 2.45) is 5.92 Å². The van der Waals surface area contributed by atoms with E-state index in [0.717, 1.165) is 31.0 Å². The van der Waals surface area contributed by atoms with E-state index >= 15 is 0 Å². The molecule has 0 saturated carbocycles. The van der Waals surface area contributed by atoms with E-state index in [4.69, 9.17) is 0 Å². The summed E-state index contributed by atoms with van der Waals surface area (Å²) in [5.41, 5.74) is 1.07. The van der Waals surface area contributed by atoms with Gasteiger partial charge in [-0.15, -0.1) is 0 Å². The molecule has 116 valence electrons. The van der Waals surface area contributed by atoms with Crippen molar-refractivity contribution in [2.75, 3.05) is 0 Å². The fraction of sp³-hybridized carbons (Fsp3) is 0.571. The van der Waals surface area contributed by atoms with Gasteiger partial charge in [-0.25, -0.2) is 13.1 Å². The lowest BCUT2D eigenvalue weighted by atomic mass is 10.0. The molecule has 21 heavy (non-hydrogen) atoms. The van der Waals surface area contributed by atoms with Crippen LogP contribution in [0.5, 0.6) is 0 Å². The van der Waals surface area contributed by atoms with Crippen molar-refractivity contribution in [3.63, 3.8) is 0 Å². The Morgan fingerprint density at radius 3 is 2.67 bits per heavy atom. The molecule has 1 atom stereocenters. The number of fused-ring (bicyclic) bond motifs is 1. The zero-order chi connectivity index (χ0) is 15.5. The van der Waals surface area contributed by atoms with Gasteiger partial charge in [0.1, 0.15) is 15.9 Å². The van der Waals surface area contributed by atoms with Crippen molar-refractivity contribution < 1.29 is 8.42 Å². The minimum Gasteiger partial charge on any atom is -0.208 e. The number of hydrogen-bond acceptors (Lipinski definition) is 5. The van der Waals surface area contributed by atoms with E-state index in [1.54, 1.807) is 18.2 Å². The van der Waals surface area contributed by atoms with Gasteiger partial charge in [0.25, 0.3) is 0 Å². The van der Waals surface area contributed by atoms with E-state index in [0.29, 0.717) is 17.0 Å². The first-order valence-electron chi connectivity index (χ1n) is 7.14. The molecule has 1 aromatic heterocycles. The van der Waals surface area contributed by atoms with Gasteiger partial charge in [-0.2, -0.15) is 8.75 Å². The van der Waals surface area contributed by atoms with Gasteiger partial charge in [0, 0.05) is 6.04 Å². The molecule has 1 aromatic carbocycles. The zero-order valence-electron chi connectivity index (χ0n) is 12.5. The Hall–Kier alpha value is -1.05. The molecule has 2 rings (SSSR count). The van der Waals surface area contributed by atoms with Gasteiger partial charge in [-0.05, 0) is 31.4 Å². The minimum atomic E-state index is -3.55. The molecule has 7 heteroatoms. The molecular weight excluding hydrogens is 306 g/mol. The molecule has 1 N–H and O–H groups in total. The standard InChI is InChI=1S/C14H21N3O2S2/c1-10(2)6-4-7-11(3)17-21(18,19)13-9-5-8-12-14(13)16-20-15-12/h5,8-11,17H,4,6-7H2,1-3H3. The molecule has 0 saturated heterocycles. The third kappa shape index (κ3) is 4.21. The molecule has 0 aliphatic carbocycles. The largest absolute Gasteiger partial charge is 0.243 e. The Balaban J connectivity index is 2.10. The zero-order valence-corrected chi connectivity index (χ0v) is 14.2. The summed E-state index contributed by atoms with van der Waals surface area (Å²) in [6, 6.07) is 4.95. The molecule has 0 aliphatic rings. The number of rotatable bonds is 7. The Morgan fingerprint density at radius 1 is 1.19 bits per heavy atom. The van der Waals surface area contributed by atoms with Crippen LogP contribution in [0, 0.1) is 5.92 Å². The third-order valence-electron chi connectivity index (χ3n) is 3.31. The molecule has 0 aliphatic heterocycles. The topological polar surface area (TPSA) is 72.0 Å². The number of nitrogens with zero attached hydrogens (tertiary/aromatic N) is 2. The summed E-state index contributed by atoms with van der Waals surface area (Å²) < 4.78 is 35.9. The molecule has 1 unspecified atom stereocenters. The van der Waals surface area contributed by atoms with Gasteiger partial charge in [0.15, 0.2) is 0 Å². The number of nitrogens with one attached hydrogen (secondary N) is 1. The van der Waals surface area contributed by atoms with Gasteiger partial charge >= 0.3 is 0 Å². The van der Waals surface area contributed by atoms with Crippen molar-refractivity contribution in [3.8, 4) is 0 Å². The second-order valence-corrected chi connectivity index (χ2v) is 7.95. The second-order valence-electron chi connectivity index (χ2n) is 5.74. The van der Waals surface area contributed by atoms with Crippen LogP contribution in [-0.2, 0) is 10.0 Å². The van der Waals surface area contributed by atoms with Gasteiger partial charge in [-0.1, -0.05) is 32.8 Å². The van der Waals surface area contributed by atoms with Crippen LogP contribution in [0.3, 0.4) is 0 Å². The average Bonchev–Trinajstić information content (AvgIpc) is 2.85. The van der Waals surface area contributed by atoms with E-state index in [9.17, 15) is 8.42 Å². The predicted octanol–water partition coefficient (Wildman–Crippen LogP) is 3.18. The van der Waals surface area contributed by atoms with Crippen LogP contribution >= 0.6 is 11.7 Å². The van der Waals surface area contributed by atoms with Gasteiger partial charge in [0.05, 0.1) is 11.7 Å². The van der Waals surface area contributed by atoms with Crippen LogP contribution in [0.25, 0.3) is 11.0 Å². The summed E-state index contributed by atoms with van der Waals surface area (Å²) in [6.45, 7) is 6.24. The molecule has 5 nitrogen and oxygen atoms in total. The maximum Gasteiger partial charge on any atom is 0.243 e. The molecular formula is C14H21N3O2S2. The van der Waals surface area contributed by atoms with Crippen LogP contribution in [0.4, 0.5) is 0 Å². The van der Waals surface area contributed by atoms with Crippen molar-refractivity contribution in [1.29, 1.82) is 0 Å². The normalized spacial score (nSPS) is 13.9. The molecule has 2 aromatic rings. The quantitative estimate of drug-likeness (QED) is 0.848. The second kappa shape index (κ2) is 6.81. The fourth-order valence-electron chi connectivity index (χ4n) is 2.22. The highest BCUT2D eigenvalue weighted by molar-refractivity contribution is 7.89. The van der Waals surface area contributed by atoms with E-state index in [2.05, 4.69) is 27.3 Å². The average molecular weight is 327 g/mol. The van der Waals surface area contributed by atoms with Gasteiger partial charge < -0.3 is 0 Å². The fourth-order valence-corrected chi connectivity index (χ4v) is 4.26. The first-order valence-corrected chi connectivity index (χ1v) is 9.35. The molecule has 0 amide bonds. The van der Waals surface area contributed by atoms with Crippen LogP contribution in [-0.4, -0.2) is 23.2 Å². The summed E-state index contributed by atoms with van der Waals surface area (Å²) >= 11 is 1.03. The monoisotopic (exact) mass is 327 g/mol. The Bertz CT molecular complexity index is 695.